The first-order valence-electron chi connectivity index (χ1n) is 7.36. The number of rotatable bonds is 7. The standard InChI is InChI=1S/C16H20F2N4O2/c1-21(2)4-5-22(9-12-8-19-10-20-12)16(23)11-6-13(17)15(24-3)14(18)7-11/h6-8,10H,4-5,9H2,1-3H3,(H,19,20). The van der Waals surface area contributed by atoms with Gasteiger partial charge in [0.15, 0.2) is 17.4 Å². The number of hydrogen-bond acceptors (Lipinski definition) is 4. The molecule has 0 saturated carbocycles. The van der Waals surface area contributed by atoms with Crippen molar-refractivity contribution in [3.8, 4) is 5.75 Å². The lowest BCUT2D eigenvalue weighted by atomic mass is 10.1. The zero-order valence-electron chi connectivity index (χ0n) is 13.8. The largest absolute Gasteiger partial charge is 0.491 e. The van der Waals surface area contributed by atoms with Crippen molar-refractivity contribution < 1.29 is 18.3 Å². The summed E-state index contributed by atoms with van der Waals surface area (Å²) in [6.07, 6.45) is 3.11. The lowest BCUT2D eigenvalue weighted by Gasteiger charge is -2.24. The maximum absolute atomic E-state index is 13.9. The normalized spacial score (nSPS) is 10.9. The Balaban J connectivity index is 2.25. The first kappa shape index (κ1) is 17.9. The fraction of sp³-hybridized carbons (Fsp3) is 0.375. The highest BCUT2D eigenvalue weighted by Crippen LogP contribution is 2.23. The Morgan fingerprint density at radius 1 is 1.25 bits per heavy atom. The summed E-state index contributed by atoms with van der Waals surface area (Å²) in [5.41, 5.74) is 0.667. The molecule has 8 heteroatoms. The van der Waals surface area contributed by atoms with Crippen molar-refractivity contribution in [1.82, 2.24) is 19.8 Å². The summed E-state index contributed by atoms with van der Waals surface area (Å²) in [6, 6.07) is 1.97. The number of imidazole rings is 1. The monoisotopic (exact) mass is 338 g/mol. The fourth-order valence-corrected chi connectivity index (χ4v) is 2.21. The van der Waals surface area contributed by atoms with E-state index in [1.54, 1.807) is 6.20 Å². The second-order valence-electron chi connectivity index (χ2n) is 5.58. The smallest absolute Gasteiger partial charge is 0.254 e. The molecule has 24 heavy (non-hydrogen) atoms. The van der Waals surface area contributed by atoms with Crippen LogP contribution in [0.5, 0.6) is 5.75 Å². The van der Waals surface area contributed by atoms with Crippen LogP contribution < -0.4 is 4.74 Å². The van der Waals surface area contributed by atoms with Gasteiger partial charge in [0, 0.05) is 24.8 Å². The van der Waals surface area contributed by atoms with Crippen LogP contribution in [0.2, 0.25) is 0 Å². The van der Waals surface area contributed by atoms with Gasteiger partial charge in [-0.1, -0.05) is 0 Å². The zero-order valence-corrected chi connectivity index (χ0v) is 13.8. The van der Waals surface area contributed by atoms with Gasteiger partial charge in [-0.15, -0.1) is 0 Å². The number of halogens is 2. The van der Waals surface area contributed by atoms with E-state index in [0.717, 1.165) is 17.8 Å². The first-order valence-corrected chi connectivity index (χ1v) is 7.36. The quantitative estimate of drug-likeness (QED) is 0.838. The molecule has 0 atom stereocenters. The van der Waals surface area contributed by atoms with Gasteiger partial charge >= 0.3 is 0 Å². The number of methoxy groups -OCH3 is 1. The van der Waals surface area contributed by atoms with Crippen LogP contribution in [-0.4, -0.2) is 60.0 Å². The summed E-state index contributed by atoms with van der Waals surface area (Å²) in [5.74, 6) is -2.78. The van der Waals surface area contributed by atoms with Crippen molar-refractivity contribution in [3.05, 3.63) is 47.5 Å². The molecule has 1 amide bonds. The number of aromatic amines is 1. The number of carbonyl (C=O) groups is 1. The summed E-state index contributed by atoms with van der Waals surface area (Å²) in [6.45, 7) is 1.28. The highest BCUT2D eigenvalue weighted by Gasteiger charge is 2.21. The summed E-state index contributed by atoms with van der Waals surface area (Å²) < 4.78 is 32.4. The van der Waals surface area contributed by atoms with E-state index in [1.807, 2.05) is 19.0 Å². The minimum Gasteiger partial charge on any atom is -0.491 e. The highest BCUT2D eigenvalue weighted by atomic mass is 19.1. The Labute approximate surface area is 139 Å². The van der Waals surface area contributed by atoms with Gasteiger partial charge in [-0.2, -0.15) is 0 Å². The maximum Gasteiger partial charge on any atom is 0.254 e. The number of hydrogen-bond donors (Lipinski definition) is 1. The molecule has 0 fully saturated rings. The molecule has 1 N–H and O–H groups in total. The van der Waals surface area contributed by atoms with Crippen LogP contribution in [0.1, 0.15) is 16.1 Å². The van der Waals surface area contributed by atoms with E-state index in [9.17, 15) is 13.6 Å². The van der Waals surface area contributed by atoms with E-state index in [4.69, 9.17) is 0 Å². The van der Waals surface area contributed by atoms with Crippen molar-refractivity contribution in [3.63, 3.8) is 0 Å². The Kier molecular flexibility index (Phi) is 5.86. The summed E-state index contributed by atoms with van der Waals surface area (Å²) in [7, 11) is 4.93. The number of carbonyl (C=O) groups excluding carboxylic acids is 1. The van der Waals surface area contributed by atoms with Crippen LogP contribution >= 0.6 is 0 Å². The molecular formula is C16H20F2N4O2. The van der Waals surface area contributed by atoms with Crippen LogP contribution in [0.15, 0.2) is 24.7 Å². The molecule has 0 saturated heterocycles. The molecule has 0 radical (unpaired) electrons. The lowest BCUT2D eigenvalue weighted by molar-refractivity contribution is 0.0729. The zero-order chi connectivity index (χ0) is 17.7. The van der Waals surface area contributed by atoms with Gasteiger partial charge in [0.25, 0.3) is 5.91 Å². The minimum atomic E-state index is -0.907. The molecule has 2 rings (SSSR count). The molecule has 1 aromatic carbocycles. The predicted octanol–water partition coefficient (Wildman–Crippen LogP) is 1.90. The van der Waals surface area contributed by atoms with E-state index >= 15 is 0 Å². The topological polar surface area (TPSA) is 61.5 Å². The van der Waals surface area contributed by atoms with Crippen LogP contribution in [0.25, 0.3) is 0 Å². The van der Waals surface area contributed by atoms with Gasteiger partial charge in [-0.25, -0.2) is 13.8 Å². The van der Waals surface area contributed by atoms with Gasteiger partial charge in [0.2, 0.25) is 0 Å². The number of H-pyrrole nitrogens is 1. The third kappa shape index (κ3) is 4.29. The van der Waals surface area contributed by atoms with Gasteiger partial charge in [-0.05, 0) is 26.2 Å². The van der Waals surface area contributed by atoms with Crippen LogP contribution in [0.4, 0.5) is 8.78 Å². The van der Waals surface area contributed by atoms with E-state index in [-0.39, 0.29) is 12.1 Å². The number of ether oxygens (including phenoxy) is 1. The average molecular weight is 338 g/mol. The summed E-state index contributed by atoms with van der Waals surface area (Å²) >= 11 is 0. The second kappa shape index (κ2) is 7.87. The number of amides is 1. The van der Waals surface area contributed by atoms with Gasteiger partial charge in [0.1, 0.15) is 0 Å². The highest BCUT2D eigenvalue weighted by molar-refractivity contribution is 5.94. The number of aromatic nitrogens is 2. The van der Waals surface area contributed by atoms with Crippen molar-refractivity contribution in [1.29, 1.82) is 0 Å². The Hall–Kier alpha value is -2.48. The van der Waals surface area contributed by atoms with Crippen molar-refractivity contribution in [2.75, 3.05) is 34.3 Å². The Bertz CT molecular complexity index is 666. The number of nitrogens with zero attached hydrogens (tertiary/aromatic N) is 3. The molecule has 1 aromatic heterocycles. The number of nitrogens with one attached hydrogen (secondary N) is 1. The van der Waals surface area contributed by atoms with E-state index < -0.39 is 23.3 Å². The number of likely N-dealkylation sites (N-methyl/N-ethyl adjacent to an activating group) is 1. The molecule has 0 aliphatic carbocycles. The molecule has 1 heterocycles. The molecule has 0 aliphatic heterocycles. The average Bonchev–Trinajstić information content (AvgIpc) is 3.03. The van der Waals surface area contributed by atoms with Crippen molar-refractivity contribution >= 4 is 5.91 Å². The number of benzene rings is 1. The van der Waals surface area contributed by atoms with E-state index in [1.165, 1.54) is 18.3 Å². The predicted molar refractivity (Wildman–Crippen MR) is 84.8 cm³/mol. The third-order valence-electron chi connectivity index (χ3n) is 3.47. The van der Waals surface area contributed by atoms with Crippen molar-refractivity contribution in [2.24, 2.45) is 0 Å². The third-order valence-corrected chi connectivity index (χ3v) is 3.47. The molecule has 0 bridgehead atoms. The van der Waals surface area contributed by atoms with Gasteiger partial charge in [0.05, 0.1) is 25.7 Å². The molecule has 0 spiro atoms. The molecular weight excluding hydrogens is 318 g/mol. The molecule has 6 nitrogen and oxygen atoms in total. The fourth-order valence-electron chi connectivity index (χ4n) is 2.21. The summed E-state index contributed by atoms with van der Waals surface area (Å²) in [5, 5.41) is 0. The van der Waals surface area contributed by atoms with Crippen molar-refractivity contribution in [2.45, 2.75) is 6.54 Å². The van der Waals surface area contributed by atoms with Gasteiger partial charge < -0.3 is 19.5 Å². The van der Waals surface area contributed by atoms with Crippen LogP contribution in [0, 0.1) is 11.6 Å². The lowest BCUT2D eigenvalue weighted by Crippen LogP contribution is -2.36. The molecule has 0 unspecified atom stereocenters. The molecule has 130 valence electrons. The summed E-state index contributed by atoms with van der Waals surface area (Å²) in [4.78, 5) is 22.9. The Morgan fingerprint density at radius 2 is 1.92 bits per heavy atom. The van der Waals surface area contributed by atoms with E-state index in [2.05, 4.69) is 14.7 Å². The van der Waals surface area contributed by atoms with E-state index in [0.29, 0.717) is 13.1 Å². The minimum absolute atomic E-state index is 0.0657. The first-order chi connectivity index (χ1) is 11.4. The maximum atomic E-state index is 13.9. The van der Waals surface area contributed by atoms with Crippen LogP contribution in [0.3, 0.4) is 0 Å². The Morgan fingerprint density at radius 3 is 2.42 bits per heavy atom. The molecule has 0 aliphatic rings. The van der Waals surface area contributed by atoms with Gasteiger partial charge in [-0.3, -0.25) is 4.79 Å². The molecule has 2 aromatic rings. The second-order valence-corrected chi connectivity index (χ2v) is 5.58. The van der Waals surface area contributed by atoms with Crippen LogP contribution in [-0.2, 0) is 6.54 Å². The SMILES string of the molecule is COc1c(F)cc(C(=O)N(CCN(C)C)Cc2cnc[nH]2)cc1F.